The molecule has 0 bridgehead atoms. The Labute approximate surface area is 107 Å². The van der Waals surface area contributed by atoms with Crippen LogP contribution in [0.1, 0.15) is 21.5 Å². The first-order valence-electron chi connectivity index (χ1n) is 5.14. The molecule has 0 saturated carbocycles. The van der Waals surface area contributed by atoms with Crippen LogP contribution in [0.15, 0.2) is 46.9 Å². The first-order chi connectivity index (χ1) is 8.08. The number of hydrogen-bond donors (Lipinski definition) is 0. The minimum Gasteiger partial charge on any atom is -0.289 e. The van der Waals surface area contributed by atoms with Crippen LogP contribution in [0.3, 0.4) is 0 Å². The van der Waals surface area contributed by atoms with Gasteiger partial charge in [-0.1, -0.05) is 40.2 Å². The maximum atomic E-state index is 13.0. The fourth-order valence-corrected chi connectivity index (χ4v) is 1.91. The number of halogens is 2. The Hall–Kier alpha value is -1.48. The Kier molecular flexibility index (Phi) is 3.38. The molecule has 17 heavy (non-hydrogen) atoms. The lowest BCUT2D eigenvalue weighted by Gasteiger charge is -2.04. The summed E-state index contributed by atoms with van der Waals surface area (Å²) in [4.78, 5) is 12.1. The Morgan fingerprint density at radius 2 is 1.82 bits per heavy atom. The molecule has 3 heteroatoms. The topological polar surface area (TPSA) is 17.1 Å². The third-order valence-electron chi connectivity index (χ3n) is 2.52. The summed E-state index contributed by atoms with van der Waals surface area (Å²) in [5, 5.41) is 0. The second-order valence-corrected chi connectivity index (χ2v) is 4.66. The second kappa shape index (κ2) is 4.80. The summed E-state index contributed by atoms with van der Waals surface area (Å²) in [5.41, 5.74) is 1.97. The highest BCUT2D eigenvalue weighted by Crippen LogP contribution is 2.19. The van der Waals surface area contributed by atoms with Crippen LogP contribution in [0.4, 0.5) is 4.39 Å². The molecule has 0 spiro atoms. The van der Waals surface area contributed by atoms with Crippen molar-refractivity contribution in [2.75, 3.05) is 0 Å². The van der Waals surface area contributed by atoms with E-state index < -0.39 is 5.82 Å². The van der Waals surface area contributed by atoms with Gasteiger partial charge in [-0.3, -0.25) is 4.79 Å². The molecule has 2 aromatic rings. The van der Waals surface area contributed by atoms with E-state index in [9.17, 15) is 9.18 Å². The molecule has 0 unspecified atom stereocenters. The zero-order chi connectivity index (χ0) is 12.4. The molecule has 0 radical (unpaired) electrons. The van der Waals surface area contributed by atoms with Crippen LogP contribution >= 0.6 is 15.9 Å². The fraction of sp³-hybridized carbons (Fsp3) is 0.0714. The Morgan fingerprint density at radius 3 is 2.47 bits per heavy atom. The summed E-state index contributed by atoms with van der Waals surface area (Å²) in [7, 11) is 0. The number of aryl methyl sites for hydroxylation is 1. The van der Waals surface area contributed by atoms with Gasteiger partial charge in [-0.15, -0.1) is 0 Å². The van der Waals surface area contributed by atoms with Gasteiger partial charge < -0.3 is 0 Å². The molecular formula is C14H10BrFO. The van der Waals surface area contributed by atoms with Crippen molar-refractivity contribution in [1.29, 1.82) is 0 Å². The van der Waals surface area contributed by atoms with Gasteiger partial charge in [-0.25, -0.2) is 4.39 Å². The maximum absolute atomic E-state index is 13.0. The number of benzene rings is 2. The van der Waals surface area contributed by atoms with Crippen LogP contribution in [-0.2, 0) is 0 Å². The smallest absolute Gasteiger partial charge is 0.193 e. The predicted octanol–water partition coefficient (Wildman–Crippen LogP) is 4.13. The van der Waals surface area contributed by atoms with Crippen molar-refractivity contribution in [3.8, 4) is 0 Å². The lowest BCUT2D eigenvalue weighted by molar-refractivity contribution is 0.103. The minimum atomic E-state index is -0.401. The highest BCUT2D eigenvalue weighted by molar-refractivity contribution is 9.10. The van der Waals surface area contributed by atoms with Crippen LogP contribution in [0, 0.1) is 12.7 Å². The normalized spacial score (nSPS) is 10.3. The van der Waals surface area contributed by atoms with E-state index in [0.717, 1.165) is 10.0 Å². The molecule has 0 aliphatic rings. The predicted molar refractivity (Wildman–Crippen MR) is 68.7 cm³/mol. The molecule has 86 valence electrons. The molecule has 0 atom stereocenters. The molecule has 0 aliphatic carbocycles. The van der Waals surface area contributed by atoms with Crippen molar-refractivity contribution < 1.29 is 9.18 Å². The van der Waals surface area contributed by atoms with Crippen LogP contribution in [0.2, 0.25) is 0 Å². The van der Waals surface area contributed by atoms with Gasteiger partial charge in [0.25, 0.3) is 0 Å². The summed E-state index contributed by atoms with van der Waals surface area (Å²) < 4.78 is 13.9. The van der Waals surface area contributed by atoms with E-state index in [4.69, 9.17) is 0 Å². The van der Waals surface area contributed by atoms with Crippen LogP contribution in [0.25, 0.3) is 0 Å². The standard InChI is InChI=1S/C14H10BrFO/c1-9-5-6-11(8-13(9)15)14(17)10-3-2-4-12(16)7-10/h2-8H,1H3. The lowest BCUT2D eigenvalue weighted by atomic mass is 10.0. The Balaban J connectivity index is 2.40. The average Bonchev–Trinajstić information content (AvgIpc) is 2.32. The minimum absolute atomic E-state index is 0.176. The average molecular weight is 293 g/mol. The first kappa shape index (κ1) is 12.0. The van der Waals surface area contributed by atoms with Crippen molar-refractivity contribution in [3.05, 3.63) is 69.4 Å². The van der Waals surface area contributed by atoms with Gasteiger partial charge in [0.2, 0.25) is 0 Å². The van der Waals surface area contributed by atoms with Crippen LogP contribution in [0.5, 0.6) is 0 Å². The first-order valence-corrected chi connectivity index (χ1v) is 5.93. The monoisotopic (exact) mass is 292 g/mol. The van der Waals surface area contributed by atoms with Gasteiger partial charge in [-0.05, 0) is 30.7 Å². The third-order valence-corrected chi connectivity index (χ3v) is 3.38. The second-order valence-electron chi connectivity index (χ2n) is 3.80. The van der Waals surface area contributed by atoms with E-state index in [1.807, 2.05) is 13.0 Å². The summed E-state index contributed by atoms with van der Waals surface area (Å²) in [5.74, 6) is -0.577. The fourth-order valence-electron chi connectivity index (χ4n) is 1.53. The highest BCUT2D eigenvalue weighted by atomic mass is 79.9. The quantitative estimate of drug-likeness (QED) is 0.761. The molecular weight excluding hydrogens is 283 g/mol. The highest BCUT2D eigenvalue weighted by Gasteiger charge is 2.10. The molecule has 1 nitrogen and oxygen atoms in total. The number of carbonyl (C=O) groups is 1. The van der Waals surface area contributed by atoms with Gasteiger partial charge in [0.15, 0.2) is 5.78 Å². The van der Waals surface area contributed by atoms with E-state index in [0.29, 0.717) is 11.1 Å². The van der Waals surface area contributed by atoms with Gasteiger partial charge >= 0.3 is 0 Å². The summed E-state index contributed by atoms with van der Waals surface area (Å²) >= 11 is 3.38. The summed E-state index contributed by atoms with van der Waals surface area (Å²) in [6.45, 7) is 1.94. The number of rotatable bonds is 2. The van der Waals surface area contributed by atoms with Crippen LogP contribution in [-0.4, -0.2) is 5.78 Å². The maximum Gasteiger partial charge on any atom is 0.193 e. The molecule has 0 saturated heterocycles. The SMILES string of the molecule is Cc1ccc(C(=O)c2cccc(F)c2)cc1Br. The van der Waals surface area contributed by atoms with Gasteiger partial charge in [0, 0.05) is 15.6 Å². The van der Waals surface area contributed by atoms with Gasteiger partial charge in [0.1, 0.15) is 5.82 Å². The number of ketones is 1. The molecule has 0 heterocycles. The molecule has 0 amide bonds. The number of carbonyl (C=O) groups excluding carboxylic acids is 1. The van der Waals surface area contributed by atoms with E-state index in [1.165, 1.54) is 18.2 Å². The Bertz CT molecular complexity index is 578. The van der Waals surface area contributed by atoms with Crippen molar-refractivity contribution in [3.63, 3.8) is 0 Å². The zero-order valence-corrected chi connectivity index (χ0v) is 10.8. The number of hydrogen-bond acceptors (Lipinski definition) is 1. The molecule has 0 aliphatic heterocycles. The molecule has 0 fully saturated rings. The molecule has 2 rings (SSSR count). The van der Waals surface area contributed by atoms with E-state index in [1.54, 1.807) is 18.2 Å². The van der Waals surface area contributed by atoms with Crippen molar-refractivity contribution in [2.24, 2.45) is 0 Å². The molecule has 2 aromatic carbocycles. The lowest BCUT2D eigenvalue weighted by Crippen LogP contribution is -2.01. The van der Waals surface area contributed by atoms with E-state index >= 15 is 0 Å². The largest absolute Gasteiger partial charge is 0.289 e. The zero-order valence-electron chi connectivity index (χ0n) is 9.21. The summed E-state index contributed by atoms with van der Waals surface area (Å²) in [6, 6.07) is 11.1. The Morgan fingerprint density at radius 1 is 1.12 bits per heavy atom. The van der Waals surface area contributed by atoms with E-state index in [2.05, 4.69) is 15.9 Å². The van der Waals surface area contributed by atoms with Crippen LogP contribution < -0.4 is 0 Å². The van der Waals surface area contributed by atoms with E-state index in [-0.39, 0.29) is 5.78 Å². The molecule has 0 N–H and O–H groups in total. The summed E-state index contributed by atoms with van der Waals surface area (Å²) in [6.07, 6.45) is 0. The van der Waals surface area contributed by atoms with Gasteiger partial charge in [-0.2, -0.15) is 0 Å². The van der Waals surface area contributed by atoms with Gasteiger partial charge in [0.05, 0.1) is 0 Å². The van der Waals surface area contributed by atoms with Crippen molar-refractivity contribution in [2.45, 2.75) is 6.92 Å². The third kappa shape index (κ3) is 2.61. The molecule has 0 aromatic heterocycles. The van der Waals surface area contributed by atoms with Crippen molar-refractivity contribution in [1.82, 2.24) is 0 Å². The van der Waals surface area contributed by atoms with Crippen molar-refractivity contribution >= 4 is 21.7 Å².